The maximum atomic E-state index is 10.9. The summed E-state index contributed by atoms with van der Waals surface area (Å²) >= 11 is 0. The van der Waals surface area contributed by atoms with Crippen LogP contribution in [0.1, 0.15) is 35.9 Å². The lowest BCUT2D eigenvalue weighted by molar-refractivity contribution is 0.590. The lowest BCUT2D eigenvalue weighted by Crippen LogP contribution is -2.61. The summed E-state index contributed by atoms with van der Waals surface area (Å²) in [7, 11) is 0. The van der Waals surface area contributed by atoms with Crippen molar-refractivity contribution in [3.63, 3.8) is 0 Å². The van der Waals surface area contributed by atoms with E-state index in [2.05, 4.69) is 408 Å². The van der Waals surface area contributed by atoms with Gasteiger partial charge in [0.2, 0.25) is 0 Å². The molecular weight excluding hydrogens is 1580 g/mol. The van der Waals surface area contributed by atoms with E-state index in [1.165, 1.54) is 0 Å². The van der Waals surface area contributed by atoms with Crippen LogP contribution in [0.15, 0.2) is 437 Å². The van der Waals surface area contributed by atoms with E-state index in [9.17, 15) is 9.60 Å². The topological polar surface area (TPSA) is 25.2 Å². The lowest BCUT2D eigenvalue weighted by Gasteiger charge is -2.46. The van der Waals surface area contributed by atoms with Gasteiger partial charge in [-0.1, -0.05) is 330 Å². The minimum absolute atomic E-state index is 0.0601. The molecule has 610 valence electrons. The first-order valence-corrected chi connectivity index (χ1v) is 45.2. The average Bonchev–Trinajstić information content (AvgIpc) is 1.04. The molecule has 7 heteroatoms. The summed E-state index contributed by atoms with van der Waals surface area (Å²) in [5, 5.41) is 11.4. The predicted octanol–water partition coefficient (Wildman–Crippen LogP) is 31.2. The van der Waals surface area contributed by atoms with Crippen LogP contribution >= 0.6 is 0 Å². The molecule has 0 aliphatic carbocycles. The second-order valence-corrected chi connectivity index (χ2v) is 36.4. The minimum Gasteiger partial charge on any atom is -0.310 e. The Kier molecular flexibility index (Phi) is 14.2. The largest absolute Gasteiger partial charge is 0.310 e. The van der Waals surface area contributed by atoms with Crippen LogP contribution < -0.4 is 26.2 Å². The van der Waals surface area contributed by atoms with Crippen LogP contribution in [0.5, 0.6) is 0 Å². The number of nitrogens with zero attached hydrogens (tertiary/aromatic N) is 6. The number of hydrogen-bond acceptors (Lipinski definition) is 2. The molecular formula is C124H81BN6. The minimum atomic E-state index is -0.600. The van der Waals surface area contributed by atoms with E-state index in [1.807, 2.05) is 34.9 Å². The first kappa shape index (κ1) is 66.7. The van der Waals surface area contributed by atoms with Crippen molar-refractivity contribution in [1.82, 2.24) is 17.9 Å². The molecule has 0 unspecified atom stereocenters. The SMILES string of the molecule is [2H]c1c([2H])c([2H])c2c(c1[2H])c1c([2H])c([2H])c(-c3ccccc3)c([2H])c1n2-c1ccc2c(c1)N(c1c(-c3cc4c5ccccc5n5c6ccccc6c(c3)c45)cccc1-c1cc3c4ccccc4n4c5ccccc5c(c1)c34)c1cc(C(C)(C)C)cc3c1B2c1cc(-c2cccc4c2c2ccccc2n4-c2ccccc2)ccc1N3c1c(-c2ccccc2)cc(-c2ccccc2)cc1-c1ccccc1. The molecule has 0 fully saturated rings. The highest BCUT2D eigenvalue weighted by atomic mass is 15.2. The Balaban J connectivity index is 0.831. The predicted molar refractivity (Wildman–Crippen MR) is 555 cm³/mol. The second-order valence-electron chi connectivity index (χ2n) is 36.4. The standard InChI is InChI=1S/C124H81BN6/c1-124(2,3)85-73-116-119-117(74-85)131(120-89(83-67-100-92-44-20-26-53-107(92)128-108-54-27-21-45-93(108)101(68-83)122(100)128)50-31-51-90(120)84-69-102-94-46-22-28-55-109(94)129-110-56-29-23-47-95(110)103(70-84)123(102)129)115-75-87(127-106-52-25-19-43-91(106)96-62-59-80(72-114(96)127)76-33-9-4-10-34-76)61-63-104(115)125(119)105-71-81(88-49-32-58-113-118(88)97-48-24-30-57-111(97)126(113)86-41-17-8-18-42-86)60-64-112(105)130(116)121-98(78-37-13-6-14-38-78)65-82(77-35-11-5-12-36-77)66-99(121)79-39-15-7-16-40-79/h4-75H,1-3H3/i19D,25D,43D,52D,59D,62D,72D. The van der Waals surface area contributed by atoms with Gasteiger partial charge in [-0.25, -0.2) is 0 Å². The van der Waals surface area contributed by atoms with Gasteiger partial charge < -0.3 is 27.7 Å². The van der Waals surface area contributed by atoms with Crippen LogP contribution in [0.2, 0.25) is 0 Å². The van der Waals surface area contributed by atoms with Crippen LogP contribution in [-0.2, 0) is 5.41 Å². The zero-order valence-electron chi connectivity index (χ0n) is 78.8. The van der Waals surface area contributed by atoms with Gasteiger partial charge >= 0.3 is 0 Å². The van der Waals surface area contributed by atoms with Crippen molar-refractivity contribution in [2.75, 3.05) is 9.80 Å². The molecule has 0 spiro atoms. The number of anilines is 6. The summed E-state index contributed by atoms with van der Waals surface area (Å²) in [5.74, 6) is 0. The fourth-order valence-electron chi connectivity index (χ4n) is 22.6. The molecule has 131 heavy (non-hydrogen) atoms. The average molecular weight is 1670 g/mol. The van der Waals surface area contributed by atoms with E-state index in [-0.39, 0.29) is 57.6 Å². The highest BCUT2D eigenvalue weighted by molar-refractivity contribution is 7.00. The Bertz CT molecular complexity index is 9310. The van der Waals surface area contributed by atoms with Gasteiger partial charge in [-0.3, -0.25) is 0 Å². The van der Waals surface area contributed by atoms with Crippen LogP contribution in [0.25, 0.3) is 209 Å². The molecule has 2 aliphatic rings. The number of hydrogen-bond donors (Lipinski definition) is 0. The fraction of sp³-hybridized carbons (Fsp3) is 0.0323. The summed E-state index contributed by atoms with van der Waals surface area (Å²) in [6, 6.07) is 141. The van der Waals surface area contributed by atoms with Gasteiger partial charge in [-0.2, -0.15) is 0 Å². The summed E-state index contributed by atoms with van der Waals surface area (Å²) < 4.78 is 80.1. The van der Waals surface area contributed by atoms with Gasteiger partial charge in [0.05, 0.1) is 76.1 Å². The third-order valence-electron chi connectivity index (χ3n) is 28.3. The Morgan fingerprint density at radius 2 is 0.687 bits per heavy atom. The van der Waals surface area contributed by atoms with E-state index in [0.717, 1.165) is 227 Å². The van der Waals surface area contributed by atoms with Crippen LogP contribution in [0, 0.1) is 0 Å². The van der Waals surface area contributed by atoms with Crippen molar-refractivity contribution >= 4 is 177 Å². The zero-order valence-corrected chi connectivity index (χ0v) is 71.8. The zero-order chi connectivity index (χ0) is 92.3. The summed E-state index contributed by atoms with van der Waals surface area (Å²) in [6.07, 6.45) is 0. The van der Waals surface area contributed by atoms with Crippen molar-refractivity contribution in [3.05, 3.63) is 442 Å². The van der Waals surface area contributed by atoms with Crippen LogP contribution in [0.4, 0.5) is 34.1 Å². The maximum Gasteiger partial charge on any atom is 0.252 e. The molecule has 20 aromatic carbocycles. The van der Waals surface area contributed by atoms with Gasteiger partial charge in [0.25, 0.3) is 6.71 Å². The first-order chi connectivity index (χ1) is 67.6. The van der Waals surface area contributed by atoms with Crippen molar-refractivity contribution in [2.24, 2.45) is 0 Å². The van der Waals surface area contributed by atoms with Crippen LogP contribution in [-0.4, -0.2) is 24.6 Å². The summed E-state index contributed by atoms with van der Waals surface area (Å²) in [5.41, 5.74) is 32.7. The van der Waals surface area contributed by atoms with Crippen LogP contribution in [0.3, 0.4) is 0 Å². The Morgan fingerprint density at radius 1 is 0.244 bits per heavy atom. The summed E-state index contributed by atoms with van der Waals surface area (Å²) in [6.45, 7) is 6.38. The molecule has 0 radical (unpaired) electrons. The molecule has 2 aliphatic heterocycles. The third-order valence-corrected chi connectivity index (χ3v) is 28.3. The summed E-state index contributed by atoms with van der Waals surface area (Å²) in [4.78, 5) is 5.21. The number of benzene rings is 20. The number of aromatic nitrogens is 4. The van der Waals surface area contributed by atoms with E-state index in [4.69, 9.17) is 0 Å². The third kappa shape index (κ3) is 10.7. The highest BCUT2D eigenvalue weighted by Gasteiger charge is 2.47. The van der Waals surface area contributed by atoms with Gasteiger partial charge in [0.15, 0.2) is 0 Å². The molecule has 0 amide bonds. The normalized spacial score (nSPS) is 13.5. The van der Waals surface area contributed by atoms with E-state index < -0.39 is 24.2 Å². The van der Waals surface area contributed by atoms with Crippen molar-refractivity contribution in [3.8, 4) is 89.3 Å². The Labute approximate surface area is 767 Å². The molecule has 28 rings (SSSR count). The molecule has 8 heterocycles. The smallest absolute Gasteiger partial charge is 0.252 e. The van der Waals surface area contributed by atoms with E-state index in [0.29, 0.717) is 11.3 Å². The highest BCUT2D eigenvalue weighted by Crippen LogP contribution is 2.58. The van der Waals surface area contributed by atoms with Crippen molar-refractivity contribution < 1.29 is 9.60 Å². The quantitative estimate of drug-likeness (QED) is 0.121. The Hall–Kier alpha value is -16.7. The molecule has 6 nitrogen and oxygen atoms in total. The molecule has 0 saturated heterocycles. The maximum absolute atomic E-state index is 10.9. The van der Waals surface area contributed by atoms with E-state index in [1.54, 1.807) is 0 Å². The van der Waals surface area contributed by atoms with Crippen molar-refractivity contribution in [1.29, 1.82) is 0 Å². The molecule has 0 N–H and O–H groups in total. The fourth-order valence-corrected chi connectivity index (χ4v) is 22.6. The molecule has 26 aromatic rings. The second kappa shape index (κ2) is 27.9. The number of rotatable bonds is 11. The molecule has 0 bridgehead atoms. The molecule has 6 aromatic heterocycles. The van der Waals surface area contributed by atoms with Gasteiger partial charge in [0.1, 0.15) is 0 Å². The Morgan fingerprint density at radius 3 is 1.24 bits per heavy atom. The monoisotopic (exact) mass is 1670 g/mol. The molecule has 0 saturated carbocycles. The first-order valence-electron chi connectivity index (χ1n) is 48.7. The van der Waals surface area contributed by atoms with Gasteiger partial charge in [0, 0.05) is 121 Å². The van der Waals surface area contributed by atoms with Gasteiger partial charge in [-0.05, 0) is 210 Å². The van der Waals surface area contributed by atoms with Gasteiger partial charge in [-0.15, -0.1) is 0 Å². The number of fused-ring (bicyclic) bond motifs is 22. The van der Waals surface area contributed by atoms with E-state index >= 15 is 0 Å². The van der Waals surface area contributed by atoms with Crippen molar-refractivity contribution in [2.45, 2.75) is 26.2 Å². The lowest BCUT2D eigenvalue weighted by atomic mass is 9.33. The number of para-hydroxylation sites is 8. The molecule has 0 atom stereocenters.